The van der Waals surface area contributed by atoms with Crippen LogP contribution in [-0.2, 0) is 0 Å². The first-order valence-electron chi connectivity index (χ1n) is 4.83. The van der Waals surface area contributed by atoms with Crippen molar-refractivity contribution in [2.45, 2.75) is 0 Å². The van der Waals surface area contributed by atoms with Gasteiger partial charge in [-0.15, -0.1) is 0 Å². The van der Waals surface area contributed by atoms with Crippen LogP contribution in [0.4, 0.5) is 5.82 Å². The Morgan fingerprint density at radius 2 is 2.12 bits per heavy atom. The summed E-state index contributed by atoms with van der Waals surface area (Å²) in [6.07, 6.45) is 6.74. The van der Waals surface area contributed by atoms with E-state index in [4.69, 9.17) is 5.73 Å². The molecule has 3 aromatic rings. The Morgan fingerprint density at radius 3 is 3.00 bits per heavy atom. The Kier molecular flexibility index (Phi) is 1.83. The van der Waals surface area contributed by atoms with E-state index in [1.54, 1.807) is 12.4 Å². The van der Waals surface area contributed by atoms with Gasteiger partial charge in [0.15, 0.2) is 0 Å². The molecule has 5 heteroatoms. The molecule has 0 aliphatic rings. The molecule has 0 bridgehead atoms. The molecule has 3 heterocycles. The van der Waals surface area contributed by atoms with Gasteiger partial charge in [-0.05, 0) is 12.1 Å². The number of nitrogens with zero attached hydrogens (tertiary/aromatic N) is 3. The zero-order valence-electron chi connectivity index (χ0n) is 8.38. The van der Waals surface area contributed by atoms with Crippen LogP contribution >= 0.6 is 0 Å². The van der Waals surface area contributed by atoms with Crippen LogP contribution < -0.4 is 5.73 Å². The summed E-state index contributed by atoms with van der Waals surface area (Å²) < 4.78 is 0. The molecule has 0 atom stereocenters. The lowest BCUT2D eigenvalue weighted by molar-refractivity contribution is 1.18. The molecule has 0 saturated carbocycles. The van der Waals surface area contributed by atoms with Crippen molar-refractivity contribution in [3.8, 4) is 11.1 Å². The van der Waals surface area contributed by atoms with E-state index < -0.39 is 0 Å². The second kappa shape index (κ2) is 3.30. The maximum absolute atomic E-state index is 5.79. The van der Waals surface area contributed by atoms with Crippen LogP contribution in [-0.4, -0.2) is 19.9 Å². The topological polar surface area (TPSA) is 80.5 Å². The largest absolute Gasteiger partial charge is 0.383 e. The van der Waals surface area contributed by atoms with Gasteiger partial charge in [0, 0.05) is 35.1 Å². The maximum Gasteiger partial charge on any atom is 0.137 e. The van der Waals surface area contributed by atoms with E-state index >= 15 is 0 Å². The van der Waals surface area contributed by atoms with Gasteiger partial charge in [0.1, 0.15) is 17.8 Å². The quantitative estimate of drug-likeness (QED) is 0.640. The van der Waals surface area contributed by atoms with Crippen LogP contribution in [0.1, 0.15) is 0 Å². The molecule has 0 spiro atoms. The molecule has 16 heavy (non-hydrogen) atoms. The summed E-state index contributed by atoms with van der Waals surface area (Å²) in [5, 5.41) is 1.04. The van der Waals surface area contributed by atoms with Gasteiger partial charge in [0.2, 0.25) is 0 Å². The molecule has 0 aliphatic heterocycles. The molecule has 3 N–H and O–H groups in total. The average molecular weight is 211 g/mol. The average Bonchev–Trinajstić information content (AvgIpc) is 2.76. The zero-order valence-corrected chi connectivity index (χ0v) is 8.38. The minimum atomic E-state index is 0.465. The van der Waals surface area contributed by atoms with E-state index in [2.05, 4.69) is 19.9 Å². The number of nitrogen functional groups attached to an aromatic ring is 1. The van der Waals surface area contributed by atoms with Gasteiger partial charge in [-0.3, -0.25) is 0 Å². The molecule has 0 saturated heterocycles. The highest BCUT2D eigenvalue weighted by molar-refractivity contribution is 5.83. The zero-order chi connectivity index (χ0) is 11.0. The fourth-order valence-corrected chi connectivity index (χ4v) is 1.65. The van der Waals surface area contributed by atoms with E-state index in [1.807, 2.05) is 18.3 Å². The number of nitrogens with one attached hydrogen (secondary N) is 1. The van der Waals surface area contributed by atoms with Gasteiger partial charge in [0.25, 0.3) is 0 Å². The molecule has 0 aromatic carbocycles. The summed E-state index contributed by atoms with van der Waals surface area (Å²) in [5.41, 5.74) is 8.37. The summed E-state index contributed by atoms with van der Waals surface area (Å²) in [5.74, 6) is 0.465. The van der Waals surface area contributed by atoms with Gasteiger partial charge in [-0.25, -0.2) is 15.0 Å². The van der Waals surface area contributed by atoms with Crippen molar-refractivity contribution in [1.29, 1.82) is 0 Å². The van der Waals surface area contributed by atoms with Crippen LogP contribution in [0.3, 0.4) is 0 Å². The summed E-state index contributed by atoms with van der Waals surface area (Å²) in [6.45, 7) is 0. The van der Waals surface area contributed by atoms with Crippen molar-refractivity contribution in [1.82, 2.24) is 19.9 Å². The molecular formula is C11H9N5. The Morgan fingerprint density at radius 1 is 1.19 bits per heavy atom. The third kappa shape index (κ3) is 1.30. The maximum atomic E-state index is 5.79. The second-order valence-electron chi connectivity index (χ2n) is 3.46. The summed E-state index contributed by atoms with van der Waals surface area (Å²) in [4.78, 5) is 15.2. The predicted molar refractivity (Wildman–Crippen MR) is 61.5 cm³/mol. The molecule has 0 radical (unpaired) electrons. The fraction of sp³-hybridized carbons (Fsp3) is 0. The number of pyridine rings is 1. The van der Waals surface area contributed by atoms with E-state index in [-0.39, 0.29) is 0 Å². The Balaban J connectivity index is 2.22. The number of hydrogen-bond donors (Lipinski definition) is 2. The number of anilines is 1. The molecule has 3 rings (SSSR count). The highest BCUT2D eigenvalue weighted by Crippen LogP contribution is 2.24. The van der Waals surface area contributed by atoms with Crippen molar-refractivity contribution in [3.05, 3.63) is 37.1 Å². The first kappa shape index (κ1) is 8.84. The number of H-pyrrole nitrogens is 1. The van der Waals surface area contributed by atoms with Crippen LogP contribution in [0.15, 0.2) is 37.1 Å². The van der Waals surface area contributed by atoms with Crippen LogP contribution in [0.5, 0.6) is 0 Å². The monoisotopic (exact) mass is 211 g/mol. The fourth-order valence-electron chi connectivity index (χ4n) is 1.65. The summed E-state index contributed by atoms with van der Waals surface area (Å²) in [6, 6.07) is 3.97. The third-order valence-electron chi connectivity index (χ3n) is 2.45. The van der Waals surface area contributed by atoms with Gasteiger partial charge in [0.05, 0.1) is 0 Å². The molecule has 78 valence electrons. The van der Waals surface area contributed by atoms with E-state index in [9.17, 15) is 0 Å². The lowest BCUT2D eigenvalue weighted by atomic mass is 10.1. The van der Waals surface area contributed by atoms with Crippen molar-refractivity contribution in [2.75, 3.05) is 5.73 Å². The minimum absolute atomic E-state index is 0.465. The molecule has 0 amide bonds. The van der Waals surface area contributed by atoms with Gasteiger partial charge in [-0.1, -0.05) is 0 Å². The van der Waals surface area contributed by atoms with E-state index in [0.717, 1.165) is 22.2 Å². The number of rotatable bonds is 1. The standard InChI is InChI=1S/C11H9N5/c12-10-9(5-13-6-16-10)8-3-7-1-2-14-11(7)15-4-8/h1-6H,(H,14,15)(H2,12,13,16). The van der Waals surface area contributed by atoms with Gasteiger partial charge >= 0.3 is 0 Å². The number of nitrogens with two attached hydrogens (primary N) is 1. The van der Waals surface area contributed by atoms with Crippen LogP contribution in [0.25, 0.3) is 22.2 Å². The summed E-state index contributed by atoms with van der Waals surface area (Å²) >= 11 is 0. The van der Waals surface area contributed by atoms with E-state index in [0.29, 0.717) is 5.82 Å². The molecule has 3 aromatic heterocycles. The van der Waals surface area contributed by atoms with Gasteiger partial charge < -0.3 is 10.7 Å². The van der Waals surface area contributed by atoms with E-state index in [1.165, 1.54) is 6.33 Å². The van der Waals surface area contributed by atoms with Crippen molar-refractivity contribution < 1.29 is 0 Å². The predicted octanol–water partition coefficient (Wildman–Crippen LogP) is 1.60. The number of aromatic nitrogens is 4. The smallest absolute Gasteiger partial charge is 0.137 e. The third-order valence-corrected chi connectivity index (χ3v) is 2.45. The van der Waals surface area contributed by atoms with Crippen LogP contribution in [0, 0.1) is 0 Å². The lowest BCUT2D eigenvalue weighted by Gasteiger charge is -2.03. The highest BCUT2D eigenvalue weighted by atomic mass is 14.9. The van der Waals surface area contributed by atoms with Crippen molar-refractivity contribution >= 4 is 16.9 Å². The number of aromatic amines is 1. The number of fused-ring (bicyclic) bond motifs is 1. The summed E-state index contributed by atoms with van der Waals surface area (Å²) in [7, 11) is 0. The molecular weight excluding hydrogens is 202 g/mol. The SMILES string of the molecule is Nc1ncncc1-c1cnc2[nH]ccc2c1. The Bertz CT molecular complexity index is 643. The van der Waals surface area contributed by atoms with Crippen molar-refractivity contribution in [2.24, 2.45) is 0 Å². The number of hydrogen-bond acceptors (Lipinski definition) is 4. The minimum Gasteiger partial charge on any atom is -0.383 e. The first-order chi connectivity index (χ1) is 7.84. The van der Waals surface area contributed by atoms with Gasteiger partial charge in [-0.2, -0.15) is 0 Å². The lowest BCUT2D eigenvalue weighted by Crippen LogP contribution is -1.95. The van der Waals surface area contributed by atoms with Crippen molar-refractivity contribution in [3.63, 3.8) is 0 Å². The molecule has 0 unspecified atom stereocenters. The molecule has 0 aliphatic carbocycles. The first-order valence-corrected chi connectivity index (χ1v) is 4.83. The molecule has 0 fully saturated rings. The highest BCUT2D eigenvalue weighted by Gasteiger charge is 2.05. The normalized spacial score (nSPS) is 10.8. The second-order valence-corrected chi connectivity index (χ2v) is 3.46. The van der Waals surface area contributed by atoms with Crippen LogP contribution in [0.2, 0.25) is 0 Å². The Hall–Kier alpha value is -2.43. The molecule has 5 nitrogen and oxygen atoms in total. The Labute approximate surface area is 91.4 Å².